The van der Waals surface area contributed by atoms with E-state index >= 15 is 0 Å². The molecule has 2 aliphatic rings. The molecule has 42 heavy (non-hydrogen) atoms. The van der Waals surface area contributed by atoms with Crippen LogP contribution in [-0.4, -0.2) is 54.7 Å². The fourth-order valence-corrected chi connectivity index (χ4v) is 5.45. The Labute approximate surface area is 245 Å². The Hall–Kier alpha value is -4.28. The molecular weight excluding hydrogens is 542 g/mol. The number of primary amides is 1. The van der Waals surface area contributed by atoms with Crippen molar-refractivity contribution in [3.8, 4) is 17.2 Å². The van der Waals surface area contributed by atoms with E-state index < -0.39 is 36.5 Å². The average molecular weight is 582 g/mol. The topological polar surface area (TPSA) is 166 Å². The predicted molar refractivity (Wildman–Crippen MR) is 154 cm³/mol. The maximum Gasteiger partial charge on any atom is 0.341 e. The molecule has 1 fully saturated rings. The first-order valence-corrected chi connectivity index (χ1v) is 14.4. The van der Waals surface area contributed by atoms with Gasteiger partial charge in [-0.15, -0.1) is 0 Å². The van der Waals surface area contributed by atoms with Crippen LogP contribution in [0.2, 0.25) is 0 Å². The molecule has 2 aromatic rings. The standard InChI is InChI=1S/C31H39N3O8/c1-19(35)33-26(14-20-9-11-22(12-10-20)41-18-29(36)37)31(39)34-25-8-5-13-40-27-16-28(24(30(32)38)15-23(25)27)42-17-21-6-3-2-4-7-21/h9-12,15-16,21,25-26H,2-8,13-14,17-18H2,1H3,(H2,32,38)(H,33,35)(H,34,39)(H,36,37)/t25-,26-/m0/s1. The zero-order chi connectivity index (χ0) is 30.1. The van der Waals surface area contributed by atoms with Crippen molar-refractivity contribution in [3.05, 3.63) is 53.1 Å². The molecule has 2 atom stereocenters. The number of aliphatic carboxylic acids is 1. The molecule has 5 N–H and O–H groups in total. The number of hydrogen-bond acceptors (Lipinski definition) is 7. The Kier molecular flexibility index (Phi) is 10.6. The Morgan fingerprint density at radius 1 is 1.02 bits per heavy atom. The molecule has 1 saturated carbocycles. The van der Waals surface area contributed by atoms with E-state index in [4.69, 9.17) is 25.1 Å². The lowest BCUT2D eigenvalue weighted by Crippen LogP contribution is -2.48. The van der Waals surface area contributed by atoms with Crippen LogP contribution >= 0.6 is 0 Å². The van der Waals surface area contributed by atoms with Crippen molar-refractivity contribution in [2.75, 3.05) is 19.8 Å². The van der Waals surface area contributed by atoms with Gasteiger partial charge in [0, 0.05) is 25.0 Å². The molecule has 0 saturated heterocycles. The number of fused-ring (bicyclic) bond motifs is 1. The monoisotopic (exact) mass is 581 g/mol. The molecule has 11 nitrogen and oxygen atoms in total. The van der Waals surface area contributed by atoms with Crippen molar-refractivity contribution in [3.63, 3.8) is 0 Å². The van der Waals surface area contributed by atoms with Crippen LogP contribution in [0.5, 0.6) is 17.2 Å². The molecular formula is C31H39N3O8. The third-order valence-electron chi connectivity index (χ3n) is 7.58. The van der Waals surface area contributed by atoms with E-state index in [0.717, 1.165) is 18.4 Å². The van der Waals surface area contributed by atoms with Gasteiger partial charge in [-0.25, -0.2) is 4.79 Å². The van der Waals surface area contributed by atoms with Crippen LogP contribution in [-0.2, 0) is 20.8 Å². The second-order valence-corrected chi connectivity index (χ2v) is 10.9. The maximum absolute atomic E-state index is 13.5. The highest BCUT2D eigenvalue weighted by Gasteiger charge is 2.29. The number of nitrogens with one attached hydrogen (secondary N) is 2. The first-order valence-electron chi connectivity index (χ1n) is 14.4. The summed E-state index contributed by atoms with van der Waals surface area (Å²) in [6.45, 7) is 1.81. The average Bonchev–Trinajstić information content (AvgIpc) is 3.16. The Morgan fingerprint density at radius 2 is 1.76 bits per heavy atom. The zero-order valence-corrected chi connectivity index (χ0v) is 23.9. The summed E-state index contributed by atoms with van der Waals surface area (Å²) in [5.41, 5.74) is 7.35. The molecule has 1 aliphatic carbocycles. The molecule has 4 rings (SSSR count). The number of benzene rings is 2. The molecule has 0 radical (unpaired) electrons. The zero-order valence-electron chi connectivity index (χ0n) is 23.9. The first kappa shape index (κ1) is 30.7. The molecule has 1 aliphatic heterocycles. The fraction of sp³-hybridized carbons (Fsp3) is 0.484. The summed E-state index contributed by atoms with van der Waals surface area (Å²) in [4.78, 5) is 48.7. The smallest absolute Gasteiger partial charge is 0.341 e. The minimum absolute atomic E-state index is 0.196. The second kappa shape index (κ2) is 14.6. The van der Waals surface area contributed by atoms with Crippen LogP contribution < -0.4 is 30.6 Å². The van der Waals surface area contributed by atoms with Crippen molar-refractivity contribution < 1.29 is 38.5 Å². The van der Waals surface area contributed by atoms with Gasteiger partial charge in [-0.2, -0.15) is 0 Å². The highest BCUT2D eigenvalue weighted by atomic mass is 16.5. The van der Waals surface area contributed by atoms with Crippen molar-refractivity contribution >= 4 is 23.7 Å². The molecule has 0 spiro atoms. The van der Waals surface area contributed by atoms with Gasteiger partial charge in [0.25, 0.3) is 5.91 Å². The van der Waals surface area contributed by atoms with Gasteiger partial charge in [0.2, 0.25) is 11.8 Å². The summed E-state index contributed by atoms with van der Waals surface area (Å²) in [6, 6.07) is 8.62. The second-order valence-electron chi connectivity index (χ2n) is 10.9. The third kappa shape index (κ3) is 8.61. The highest BCUT2D eigenvalue weighted by Crippen LogP contribution is 2.37. The molecule has 0 bridgehead atoms. The Bertz CT molecular complexity index is 1270. The third-order valence-corrected chi connectivity index (χ3v) is 7.58. The lowest BCUT2D eigenvalue weighted by Gasteiger charge is -2.25. The minimum atomic E-state index is -1.09. The van der Waals surface area contributed by atoms with Crippen LogP contribution in [0.15, 0.2) is 36.4 Å². The predicted octanol–water partition coefficient (Wildman–Crippen LogP) is 3.29. The van der Waals surface area contributed by atoms with Crippen LogP contribution in [0.25, 0.3) is 0 Å². The molecule has 3 amide bonds. The Morgan fingerprint density at radius 3 is 2.43 bits per heavy atom. The highest BCUT2D eigenvalue weighted by molar-refractivity contribution is 5.96. The normalized spacial score (nSPS) is 17.5. The van der Waals surface area contributed by atoms with Gasteiger partial charge >= 0.3 is 5.97 Å². The molecule has 1 heterocycles. The molecule has 0 unspecified atom stereocenters. The molecule has 2 aromatic carbocycles. The minimum Gasteiger partial charge on any atom is -0.493 e. The lowest BCUT2D eigenvalue weighted by atomic mass is 9.90. The van der Waals surface area contributed by atoms with E-state index in [1.807, 2.05) is 0 Å². The van der Waals surface area contributed by atoms with Crippen molar-refractivity contribution in [2.24, 2.45) is 11.7 Å². The molecule has 11 heteroatoms. The fourth-order valence-electron chi connectivity index (χ4n) is 5.45. The van der Waals surface area contributed by atoms with E-state index in [2.05, 4.69) is 10.6 Å². The van der Waals surface area contributed by atoms with Gasteiger partial charge in [0.1, 0.15) is 23.3 Å². The number of hydrogen-bond donors (Lipinski definition) is 4. The van der Waals surface area contributed by atoms with E-state index in [9.17, 15) is 19.2 Å². The molecule has 0 aromatic heterocycles. The maximum atomic E-state index is 13.5. The summed E-state index contributed by atoms with van der Waals surface area (Å²) in [5.74, 6) is -0.755. The lowest BCUT2D eigenvalue weighted by molar-refractivity contribution is -0.139. The van der Waals surface area contributed by atoms with E-state index in [1.54, 1.807) is 36.4 Å². The van der Waals surface area contributed by atoms with Gasteiger partial charge < -0.3 is 35.7 Å². The number of carboxylic acid groups (broad SMARTS) is 1. The summed E-state index contributed by atoms with van der Waals surface area (Å²) >= 11 is 0. The Balaban J connectivity index is 1.50. The van der Waals surface area contributed by atoms with E-state index in [1.165, 1.54) is 26.2 Å². The van der Waals surface area contributed by atoms with Crippen LogP contribution in [0, 0.1) is 5.92 Å². The van der Waals surface area contributed by atoms with Crippen LogP contribution in [0.1, 0.15) is 79.4 Å². The number of carbonyl (C=O) groups is 4. The summed E-state index contributed by atoms with van der Waals surface area (Å²) in [7, 11) is 0. The largest absolute Gasteiger partial charge is 0.493 e. The van der Waals surface area contributed by atoms with Gasteiger partial charge in [0.05, 0.1) is 24.8 Å². The van der Waals surface area contributed by atoms with Gasteiger partial charge in [-0.1, -0.05) is 31.4 Å². The number of ether oxygens (including phenoxy) is 3. The summed E-state index contributed by atoms with van der Waals surface area (Å²) < 4.78 is 17.2. The van der Waals surface area contributed by atoms with Crippen LogP contribution in [0.3, 0.4) is 0 Å². The summed E-state index contributed by atoms with van der Waals surface area (Å²) in [5, 5.41) is 14.5. The van der Waals surface area contributed by atoms with E-state index in [0.29, 0.717) is 54.8 Å². The first-order chi connectivity index (χ1) is 20.2. The SMILES string of the molecule is CC(=O)N[C@@H](Cc1ccc(OCC(=O)O)cc1)C(=O)N[C@H]1CCCOc2cc(OCC3CCCCC3)c(C(N)=O)cc21. The van der Waals surface area contributed by atoms with Crippen molar-refractivity contribution in [1.82, 2.24) is 10.6 Å². The van der Waals surface area contributed by atoms with Crippen molar-refractivity contribution in [1.29, 1.82) is 0 Å². The van der Waals surface area contributed by atoms with E-state index in [-0.39, 0.29) is 17.9 Å². The quantitative estimate of drug-likeness (QED) is 0.296. The summed E-state index contributed by atoms with van der Waals surface area (Å²) in [6.07, 6.45) is 7.20. The number of carbonyl (C=O) groups excluding carboxylic acids is 3. The number of nitrogens with two attached hydrogens (primary N) is 1. The van der Waals surface area contributed by atoms with Gasteiger partial charge in [0.15, 0.2) is 6.61 Å². The number of carboxylic acids is 1. The molecule has 226 valence electrons. The van der Waals surface area contributed by atoms with Crippen molar-refractivity contribution in [2.45, 2.75) is 70.4 Å². The number of amides is 3. The van der Waals surface area contributed by atoms with Gasteiger partial charge in [-0.05, 0) is 55.4 Å². The number of rotatable bonds is 12. The van der Waals surface area contributed by atoms with Crippen LogP contribution in [0.4, 0.5) is 0 Å². The van der Waals surface area contributed by atoms with Gasteiger partial charge in [-0.3, -0.25) is 14.4 Å².